The first-order chi connectivity index (χ1) is 7.33. The second-order valence-corrected chi connectivity index (χ2v) is 7.14. The number of thioether (sulfide) groups is 1. The van der Waals surface area contributed by atoms with Crippen LogP contribution in [-0.4, -0.2) is 39.8 Å². The summed E-state index contributed by atoms with van der Waals surface area (Å²) in [5, 5.41) is 1.33. The van der Waals surface area contributed by atoms with Crippen LogP contribution in [0.3, 0.4) is 0 Å². The molecule has 1 unspecified atom stereocenters. The van der Waals surface area contributed by atoms with Crippen molar-refractivity contribution in [2.24, 2.45) is 10.9 Å². The molecule has 1 atom stereocenters. The van der Waals surface area contributed by atoms with Gasteiger partial charge in [-0.2, -0.15) is 0 Å². The standard InChI is InChI=1S/C11H17BrN2S/c12-9-3-1-8(2-4-9)10-7-14-5-6-15-11(14)13-10/h8-10H,1-7H2. The van der Waals surface area contributed by atoms with Crippen molar-refractivity contribution in [2.75, 3.05) is 18.8 Å². The summed E-state index contributed by atoms with van der Waals surface area (Å²) in [4.78, 5) is 8.15. The van der Waals surface area contributed by atoms with Crippen LogP contribution in [0.25, 0.3) is 0 Å². The molecular formula is C11H17BrN2S. The van der Waals surface area contributed by atoms with E-state index in [1.165, 1.54) is 49.7 Å². The van der Waals surface area contributed by atoms with Gasteiger partial charge in [0.15, 0.2) is 5.17 Å². The van der Waals surface area contributed by atoms with E-state index in [1.54, 1.807) is 0 Å². The van der Waals surface area contributed by atoms with Crippen LogP contribution in [0, 0.1) is 5.92 Å². The molecule has 0 N–H and O–H groups in total. The number of alkyl halides is 1. The zero-order valence-corrected chi connectivity index (χ0v) is 11.3. The monoisotopic (exact) mass is 288 g/mol. The molecule has 0 aromatic carbocycles. The number of halogens is 1. The van der Waals surface area contributed by atoms with E-state index in [1.807, 2.05) is 11.8 Å². The van der Waals surface area contributed by atoms with Gasteiger partial charge in [0.2, 0.25) is 0 Å². The Kier molecular flexibility index (Phi) is 2.99. The second kappa shape index (κ2) is 4.28. The molecule has 2 nitrogen and oxygen atoms in total. The Morgan fingerprint density at radius 1 is 1.27 bits per heavy atom. The zero-order valence-electron chi connectivity index (χ0n) is 8.86. The van der Waals surface area contributed by atoms with Crippen molar-refractivity contribution in [3.8, 4) is 0 Å². The van der Waals surface area contributed by atoms with Crippen LogP contribution in [0.4, 0.5) is 0 Å². The summed E-state index contributed by atoms with van der Waals surface area (Å²) in [7, 11) is 0. The highest BCUT2D eigenvalue weighted by Crippen LogP contribution is 2.35. The van der Waals surface area contributed by atoms with Gasteiger partial charge >= 0.3 is 0 Å². The summed E-state index contributed by atoms with van der Waals surface area (Å²) in [6.07, 6.45) is 5.43. The number of aliphatic imine (C=N–C) groups is 1. The molecule has 0 amide bonds. The van der Waals surface area contributed by atoms with E-state index in [0.29, 0.717) is 6.04 Å². The van der Waals surface area contributed by atoms with Gasteiger partial charge in [-0.3, -0.25) is 4.99 Å². The van der Waals surface area contributed by atoms with Gasteiger partial charge in [-0.05, 0) is 31.6 Å². The lowest BCUT2D eigenvalue weighted by Gasteiger charge is -2.28. The third-order valence-corrected chi connectivity index (χ3v) is 5.72. The van der Waals surface area contributed by atoms with E-state index in [9.17, 15) is 0 Å². The van der Waals surface area contributed by atoms with Crippen molar-refractivity contribution in [1.82, 2.24) is 4.90 Å². The van der Waals surface area contributed by atoms with Crippen LogP contribution in [0.2, 0.25) is 0 Å². The van der Waals surface area contributed by atoms with Gasteiger partial charge in [0.25, 0.3) is 0 Å². The molecule has 2 fully saturated rings. The summed E-state index contributed by atoms with van der Waals surface area (Å²) in [6.45, 7) is 2.44. The Hall–Kier alpha value is 0.300. The van der Waals surface area contributed by atoms with E-state index in [2.05, 4.69) is 20.8 Å². The third-order valence-electron chi connectivity index (χ3n) is 3.79. The fourth-order valence-electron chi connectivity index (χ4n) is 2.85. The highest BCUT2D eigenvalue weighted by atomic mass is 79.9. The number of hydrogen-bond donors (Lipinski definition) is 0. The van der Waals surface area contributed by atoms with Gasteiger partial charge in [-0.15, -0.1) is 0 Å². The highest BCUT2D eigenvalue weighted by Gasteiger charge is 2.35. The SMILES string of the molecule is BrC1CCC(C2CN3CCSC3=N2)CC1. The smallest absolute Gasteiger partial charge is 0.159 e. The Bertz CT molecular complexity index is 274. The fourth-order valence-corrected chi connectivity index (χ4v) is 4.43. The molecule has 15 heavy (non-hydrogen) atoms. The van der Waals surface area contributed by atoms with Crippen molar-refractivity contribution in [2.45, 2.75) is 36.6 Å². The summed E-state index contributed by atoms with van der Waals surface area (Å²) >= 11 is 5.67. The average molecular weight is 289 g/mol. The van der Waals surface area contributed by atoms with Gasteiger partial charge < -0.3 is 4.90 Å². The highest BCUT2D eigenvalue weighted by molar-refractivity contribution is 9.09. The first kappa shape index (κ1) is 10.5. The lowest BCUT2D eigenvalue weighted by molar-refractivity contribution is 0.294. The minimum Gasteiger partial charge on any atom is -0.348 e. The zero-order chi connectivity index (χ0) is 10.3. The number of nitrogens with zero attached hydrogens (tertiary/aromatic N) is 2. The normalized spacial score (nSPS) is 40.5. The van der Waals surface area contributed by atoms with E-state index in [-0.39, 0.29) is 0 Å². The van der Waals surface area contributed by atoms with Crippen LogP contribution in [-0.2, 0) is 0 Å². The lowest BCUT2D eigenvalue weighted by Crippen LogP contribution is -2.31. The van der Waals surface area contributed by atoms with Crippen LogP contribution < -0.4 is 0 Å². The van der Waals surface area contributed by atoms with Crippen LogP contribution in [0.1, 0.15) is 25.7 Å². The first-order valence-electron chi connectivity index (χ1n) is 5.92. The number of rotatable bonds is 1. The summed E-state index contributed by atoms with van der Waals surface area (Å²) in [5.41, 5.74) is 0. The lowest BCUT2D eigenvalue weighted by atomic mass is 9.84. The fraction of sp³-hybridized carbons (Fsp3) is 0.909. The average Bonchev–Trinajstić information content (AvgIpc) is 2.78. The van der Waals surface area contributed by atoms with E-state index >= 15 is 0 Å². The minimum atomic E-state index is 0.618. The van der Waals surface area contributed by atoms with Crippen molar-refractivity contribution < 1.29 is 0 Å². The number of hydrogen-bond acceptors (Lipinski definition) is 3. The topological polar surface area (TPSA) is 15.6 Å². The van der Waals surface area contributed by atoms with E-state index in [4.69, 9.17) is 4.99 Å². The van der Waals surface area contributed by atoms with E-state index < -0.39 is 0 Å². The maximum absolute atomic E-state index is 4.89. The number of amidine groups is 1. The molecule has 3 aliphatic rings. The summed E-state index contributed by atoms with van der Waals surface area (Å²) < 4.78 is 0. The predicted molar refractivity (Wildman–Crippen MR) is 69.9 cm³/mol. The molecule has 2 heterocycles. The molecule has 1 saturated heterocycles. The Morgan fingerprint density at radius 3 is 2.80 bits per heavy atom. The van der Waals surface area contributed by atoms with E-state index in [0.717, 1.165) is 10.7 Å². The third kappa shape index (κ3) is 2.07. The molecule has 84 valence electrons. The Labute approximate surface area is 104 Å². The molecule has 1 saturated carbocycles. The quantitative estimate of drug-likeness (QED) is 0.690. The molecule has 0 spiro atoms. The van der Waals surface area contributed by atoms with Crippen LogP contribution in [0.15, 0.2) is 4.99 Å². The Balaban J connectivity index is 1.62. The maximum atomic E-state index is 4.89. The molecule has 3 rings (SSSR count). The first-order valence-corrected chi connectivity index (χ1v) is 7.82. The molecule has 4 heteroatoms. The molecule has 2 aliphatic heterocycles. The molecule has 0 aromatic rings. The maximum Gasteiger partial charge on any atom is 0.159 e. The van der Waals surface area contributed by atoms with Crippen molar-refractivity contribution in [3.63, 3.8) is 0 Å². The molecular weight excluding hydrogens is 272 g/mol. The van der Waals surface area contributed by atoms with Crippen molar-refractivity contribution >= 4 is 32.9 Å². The molecule has 1 aliphatic carbocycles. The van der Waals surface area contributed by atoms with Crippen LogP contribution in [0.5, 0.6) is 0 Å². The van der Waals surface area contributed by atoms with Gasteiger partial charge in [0.1, 0.15) is 0 Å². The summed E-state index contributed by atoms with van der Waals surface area (Å²) in [6, 6.07) is 0.618. The second-order valence-electron chi connectivity index (χ2n) is 4.79. The van der Waals surface area contributed by atoms with Gasteiger partial charge in [-0.25, -0.2) is 0 Å². The molecule has 0 bridgehead atoms. The molecule has 0 aromatic heterocycles. The van der Waals surface area contributed by atoms with Gasteiger partial charge in [-0.1, -0.05) is 27.7 Å². The molecule has 0 radical (unpaired) electrons. The number of fused-ring (bicyclic) bond motifs is 1. The van der Waals surface area contributed by atoms with Gasteiger partial charge in [0, 0.05) is 23.7 Å². The largest absolute Gasteiger partial charge is 0.348 e. The van der Waals surface area contributed by atoms with Crippen LogP contribution >= 0.6 is 27.7 Å². The minimum absolute atomic E-state index is 0.618. The Morgan fingerprint density at radius 2 is 2.07 bits per heavy atom. The summed E-state index contributed by atoms with van der Waals surface area (Å²) in [5.74, 6) is 2.11. The van der Waals surface area contributed by atoms with Crippen molar-refractivity contribution in [3.05, 3.63) is 0 Å². The van der Waals surface area contributed by atoms with Gasteiger partial charge in [0.05, 0.1) is 6.04 Å². The predicted octanol–water partition coefficient (Wildman–Crippen LogP) is 2.73. The van der Waals surface area contributed by atoms with Crippen molar-refractivity contribution in [1.29, 1.82) is 0 Å².